The van der Waals surface area contributed by atoms with Crippen LogP contribution >= 0.6 is 15.9 Å². The normalized spacial score (nSPS) is 9.95. The molecule has 0 unspecified atom stereocenters. The van der Waals surface area contributed by atoms with E-state index in [1.165, 1.54) is 0 Å². The second-order valence-electron chi connectivity index (χ2n) is 4.53. The number of urea groups is 1. The summed E-state index contributed by atoms with van der Waals surface area (Å²) in [4.78, 5) is 13.9. The van der Waals surface area contributed by atoms with Crippen molar-refractivity contribution in [1.82, 2.24) is 0 Å². The van der Waals surface area contributed by atoms with E-state index in [0.717, 1.165) is 21.5 Å². The van der Waals surface area contributed by atoms with Crippen LogP contribution in [0.3, 0.4) is 0 Å². The molecular weight excluding hydrogens is 318 g/mol. The number of carbonyl (C=O) groups is 1. The van der Waals surface area contributed by atoms with Crippen molar-refractivity contribution in [3.63, 3.8) is 0 Å². The lowest BCUT2D eigenvalue weighted by Crippen LogP contribution is -2.19. The maximum Gasteiger partial charge on any atom is 0.323 e. The molecule has 2 aromatic rings. The molecule has 0 aromatic heterocycles. The zero-order valence-electron chi connectivity index (χ0n) is 11.4. The van der Waals surface area contributed by atoms with Crippen molar-refractivity contribution < 1.29 is 4.79 Å². The SMILES string of the molecule is CN(C)c1cccc(NC(=O)Nc2cccc(Br)c2)c1. The summed E-state index contributed by atoms with van der Waals surface area (Å²) in [6.07, 6.45) is 0. The second-order valence-corrected chi connectivity index (χ2v) is 5.45. The average molecular weight is 334 g/mol. The molecule has 0 aliphatic heterocycles. The van der Waals surface area contributed by atoms with Crippen LogP contribution in [0, 0.1) is 0 Å². The van der Waals surface area contributed by atoms with Gasteiger partial charge in [-0.25, -0.2) is 4.79 Å². The number of hydrogen-bond acceptors (Lipinski definition) is 2. The fourth-order valence-electron chi connectivity index (χ4n) is 1.72. The van der Waals surface area contributed by atoms with Gasteiger partial charge in [0.05, 0.1) is 0 Å². The van der Waals surface area contributed by atoms with Gasteiger partial charge in [-0.1, -0.05) is 28.1 Å². The van der Waals surface area contributed by atoms with E-state index in [4.69, 9.17) is 0 Å². The molecule has 2 amide bonds. The molecule has 2 N–H and O–H groups in total. The molecule has 0 bridgehead atoms. The average Bonchev–Trinajstić information content (AvgIpc) is 2.38. The van der Waals surface area contributed by atoms with E-state index in [1.54, 1.807) is 0 Å². The predicted octanol–water partition coefficient (Wildman–Crippen LogP) is 4.16. The Morgan fingerprint density at radius 3 is 2.20 bits per heavy atom. The van der Waals surface area contributed by atoms with Gasteiger partial charge in [-0.3, -0.25) is 0 Å². The minimum absolute atomic E-state index is 0.265. The lowest BCUT2D eigenvalue weighted by Gasteiger charge is -2.14. The molecule has 0 saturated heterocycles. The number of anilines is 3. The van der Waals surface area contributed by atoms with E-state index in [-0.39, 0.29) is 6.03 Å². The number of halogens is 1. The van der Waals surface area contributed by atoms with Crippen LogP contribution in [0.5, 0.6) is 0 Å². The summed E-state index contributed by atoms with van der Waals surface area (Å²) >= 11 is 3.37. The number of nitrogens with one attached hydrogen (secondary N) is 2. The fourth-order valence-corrected chi connectivity index (χ4v) is 2.12. The molecule has 0 saturated carbocycles. The van der Waals surface area contributed by atoms with Crippen LogP contribution in [-0.2, 0) is 0 Å². The summed E-state index contributed by atoms with van der Waals surface area (Å²) in [6.45, 7) is 0. The van der Waals surface area contributed by atoms with Crippen molar-refractivity contribution in [1.29, 1.82) is 0 Å². The molecule has 0 heterocycles. The summed E-state index contributed by atoms with van der Waals surface area (Å²) in [5.41, 5.74) is 2.52. The van der Waals surface area contributed by atoms with Gasteiger partial charge in [-0.2, -0.15) is 0 Å². The van der Waals surface area contributed by atoms with Gasteiger partial charge in [-0.15, -0.1) is 0 Å². The Morgan fingerprint density at radius 2 is 1.60 bits per heavy atom. The minimum Gasteiger partial charge on any atom is -0.378 e. The van der Waals surface area contributed by atoms with E-state index >= 15 is 0 Å². The van der Waals surface area contributed by atoms with E-state index in [9.17, 15) is 4.79 Å². The quantitative estimate of drug-likeness (QED) is 0.885. The predicted molar refractivity (Wildman–Crippen MR) is 87.6 cm³/mol. The largest absolute Gasteiger partial charge is 0.378 e. The number of benzene rings is 2. The van der Waals surface area contributed by atoms with Crippen molar-refractivity contribution in [2.45, 2.75) is 0 Å². The Labute approximate surface area is 126 Å². The highest BCUT2D eigenvalue weighted by molar-refractivity contribution is 9.10. The maximum absolute atomic E-state index is 11.9. The first kappa shape index (κ1) is 14.4. The summed E-state index contributed by atoms with van der Waals surface area (Å²) in [6, 6.07) is 14.8. The first-order chi connectivity index (χ1) is 9.54. The number of amides is 2. The number of rotatable bonds is 3. The topological polar surface area (TPSA) is 44.4 Å². The van der Waals surface area contributed by atoms with Gasteiger partial charge in [0.25, 0.3) is 0 Å². The van der Waals surface area contributed by atoms with E-state index in [2.05, 4.69) is 26.6 Å². The van der Waals surface area contributed by atoms with Crippen LogP contribution in [0.4, 0.5) is 21.9 Å². The number of nitrogens with zero attached hydrogens (tertiary/aromatic N) is 1. The van der Waals surface area contributed by atoms with Crippen LogP contribution in [-0.4, -0.2) is 20.1 Å². The number of hydrogen-bond donors (Lipinski definition) is 2. The third-order valence-corrected chi connectivity index (χ3v) is 3.20. The molecule has 0 aliphatic rings. The van der Waals surface area contributed by atoms with E-state index in [0.29, 0.717) is 0 Å². The van der Waals surface area contributed by atoms with E-state index < -0.39 is 0 Å². The van der Waals surface area contributed by atoms with Crippen LogP contribution < -0.4 is 15.5 Å². The van der Waals surface area contributed by atoms with Crippen molar-refractivity contribution in [3.05, 3.63) is 53.0 Å². The van der Waals surface area contributed by atoms with Gasteiger partial charge in [0.1, 0.15) is 0 Å². The van der Waals surface area contributed by atoms with Crippen LogP contribution in [0.15, 0.2) is 53.0 Å². The molecule has 20 heavy (non-hydrogen) atoms. The summed E-state index contributed by atoms with van der Waals surface area (Å²) < 4.78 is 0.921. The molecule has 0 radical (unpaired) electrons. The Bertz CT molecular complexity index is 614. The molecule has 5 heteroatoms. The molecule has 4 nitrogen and oxygen atoms in total. The van der Waals surface area contributed by atoms with Crippen molar-refractivity contribution in [3.8, 4) is 0 Å². The van der Waals surface area contributed by atoms with Crippen LogP contribution in [0.2, 0.25) is 0 Å². The highest BCUT2D eigenvalue weighted by Crippen LogP contribution is 2.18. The first-order valence-corrected chi connectivity index (χ1v) is 6.95. The van der Waals surface area contributed by atoms with Gasteiger partial charge in [0.15, 0.2) is 0 Å². The van der Waals surface area contributed by atoms with Gasteiger partial charge in [-0.05, 0) is 36.4 Å². The molecule has 0 spiro atoms. The first-order valence-electron chi connectivity index (χ1n) is 6.15. The fraction of sp³-hybridized carbons (Fsp3) is 0.133. The number of carbonyl (C=O) groups excluding carboxylic acids is 1. The smallest absolute Gasteiger partial charge is 0.323 e. The molecule has 2 rings (SSSR count). The lowest BCUT2D eigenvalue weighted by atomic mass is 10.2. The van der Waals surface area contributed by atoms with Crippen molar-refractivity contribution >= 4 is 39.0 Å². The third-order valence-electron chi connectivity index (χ3n) is 2.70. The summed E-state index contributed by atoms with van der Waals surface area (Å²) in [5, 5.41) is 5.60. The zero-order valence-corrected chi connectivity index (χ0v) is 12.9. The zero-order chi connectivity index (χ0) is 14.5. The van der Waals surface area contributed by atoms with Crippen LogP contribution in [0.1, 0.15) is 0 Å². The Morgan fingerprint density at radius 1 is 1.00 bits per heavy atom. The molecule has 0 fully saturated rings. The molecule has 0 atom stereocenters. The monoisotopic (exact) mass is 333 g/mol. The molecule has 0 aliphatic carbocycles. The highest BCUT2D eigenvalue weighted by Gasteiger charge is 2.04. The highest BCUT2D eigenvalue weighted by atomic mass is 79.9. The maximum atomic E-state index is 11.9. The van der Waals surface area contributed by atoms with Crippen molar-refractivity contribution in [2.75, 3.05) is 29.6 Å². The Hall–Kier alpha value is -2.01. The Kier molecular flexibility index (Phi) is 4.63. The molecule has 2 aromatic carbocycles. The van der Waals surface area contributed by atoms with E-state index in [1.807, 2.05) is 67.5 Å². The minimum atomic E-state index is -0.265. The summed E-state index contributed by atoms with van der Waals surface area (Å²) in [7, 11) is 3.92. The Balaban J connectivity index is 2.03. The molecule has 104 valence electrons. The molecular formula is C15H16BrN3O. The van der Waals surface area contributed by atoms with Crippen LogP contribution in [0.25, 0.3) is 0 Å². The van der Waals surface area contributed by atoms with Gasteiger partial charge >= 0.3 is 6.03 Å². The second kappa shape index (κ2) is 6.43. The summed E-state index contributed by atoms with van der Waals surface area (Å²) in [5.74, 6) is 0. The standard InChI is InChI=1S/C15H16BrN3O/c1-19(2)14-8-4-7-13(10-14)18-15(20)17-12-6-3-5-11(16)9-12/h3-10H,1-2H3,(H2,17,18,20). The van der Waals surface area contributed by atoms with Crippen molar-refractivity contribution in [2.24, 2.45) is 0 Å². The van der Waals surface area contributed by atoms with Gasteiger partial charge < -0.3 is 15.5 Å². The lowest BCUT2D eigenvalue weighted by molar-refractivity contribution is 0.262. The van der Waals surface area contributed by atoms with Gasteiger partial charge in [0.2, 0.25) is 0 Å². The third kappa shape index (κ3) is 3.99. The van der Waals surface area contributed by atoms with Gasteiger partial charge in [0, 0.05) is 35.6 Å².